The van der Waals surface area contributed by atoms with Crippen LogP contribution in [0.5, 0.6) is 0 Å². The topological polar surface area (TPSA) is 0 Å². The molecule has 0 aliphatic carbocycles. The highest BCUT2D eigenvalue weighted by Crippen LogP contribution is 2.26. The number of rotatable bonds is 4. The molecule has 0 radical (unpaired) electrons. The minimum atomic E-state index is 0.893. The monoisotopic (exact) mass is 298 g/mol. The van der Waals surface area contributed by atoms with Crippen LogP contribution in [0.1, 0.15) is 22.3 Å². The van der Waals surface area contributed by atoms with Gasteiger partial charge in [0.2, 0.25) is 0 Å². The summed E-state index contributed by atoms with van der Waals surface area (Å²) in [5, 5.41) is 0. The van der Waals surface area contributed by atoms with E-state index in [0.717, 1.165) is 12.0 Å². The van der Waals surface area contributed by atoms with Crippen molar-refractivity contribution in [2.45, 2.75) is 20.3 Å². The molecule has 23 heavy (non-hydrogen) atoms. The van der Waals surface area contributed by atoms with Crippen LogP contribution in [0.3, 0.4) is 0 Å². The average molecular weight is 298 g/mol. The van der Waals surface area contributed by atoms with Gasteiger partial charge < -0.3 is 0 Å². The van der Waals surface area contributed by atoms with Gasteiger partial charge in [-0.05, 0) is 53.7 Å². The van der Waals surface area contributed by atoms with Crippen LogP contribution in [0, 0.1) is 13.8 Å². The predicted octanol–water partition coefficient (Wildman–Crippen LogP) is 6.23. The highest BCUT2D eigenvalue weighted by molar-refractivity contribution is 5.72. The van der Waals surface area contributed by atoms with Crippen LogP contribution in [0.25, 0.3) is 16.7 Å². The molecule has 0 heterocycles. The summed E-state index contributed by atoms with van der Waals surface area (Å²) in [5.74, 6) is 0. The van der Waals surface area contributed by atoms with Gasteiger partial charge in [0.15, 0.2) is 0 Å². The van der Waals surface area contributed by atoms with E-state index in [4.69, 9.17) is 0 Å². The molecule has 0 bridgehead atoms. The molecule has 0 N–H and O–H groups in total. The Kier molecular flexibility index (Phi) is 4.43. The van der Waals surface area contributed by atoms with Crippen LogP contribution in [0.2, 0.25) is 0 Å². The molecule has 0 unspecified atom stereocenters. The molecule has 0 aliphatic rings. The molecule has 0 spiro atoms. The van der Waals surface area contributed by atoms with Crippen LogP contribution in [-0.4, -0.2) is 0 Å². The van der Waals surface area contributed by atoms with E-state index in [1.165, 1.54) is 33.4 Å². The Hall–Kier alpha value is -2.60. The molecule has 0 fully saturated rings. The van der Waals surface area contributed by atoms with Gasteiger partial charge in [-0.1, -0.05) is 84.9 Å². The molecular weight excluding hydrogens is 276 g/mol. The van der Waals surface area contributed by atoms with Crippen molar-refractivity contribution in [2.24, 2.45) is 0 Å². The summed E-state index contributed by atoms with van der Waals surface area (Å²) in [6.45, 7) is 8.53. The molecule has 0 heteroatoms. The smallest absolute Gasteiger partial charge is 0.00257 e. The fourth-order valence-corrected chi connectivity index (χ4v) is 2.84. The molecule has 0 nitrogen and oxygen atoms in total. The number of hydrogen-bond donors (Lipinski definition) is 0. The van der Waals surface area contributed by atoms with E-state index >= 15 is 0 Å². The number of benzene rings is 3. The fourth-order valence-electron chi connectivity index (χ4n) is 2.84. The van der Waals surface area contributed by atoms with Crippen molar-refractivity contribution in [1.29, 1.82) is 0 Å². The lowest BCUT2D eigenvalue weighted by Crippen LogP contribution is -1.90. The SMILES string of the molecule is C=C(Cc1ccc(C)cc1)c1ccc(-c2ccccc2C)cc1. The second kappa shape index (κ2) is 6.66. The van der Waals surface area contributed by atoms with Gasteiger partial charge in [0.05, 0.1) is 0 Å². The average Bonchev–Trinajstić information content (AvgIpc) is 2.57. The molecule has 3 rings (SSSR count). The number of hydrogen-bond acceptors (Lipinski definition) is 0. The van der Waals surface area contributed by atoms with Crippen molar-refractivity contribution in [1.82, 2.24) is 0 Å². The number of allylic oxidation sites excluding steroid dienone is 1. The van der Waals surface area contributed by atoms with Gasteiger partial charge in [0.1, 0.15) is 0 Å². The van der Waals surface area contributed by atoms with E-state index in [9.17, 15) is 0 Å². The maximum absolute atomic E-state index is 4.26. The maximum Gasteiger partial charge on any atom is -0.00257 e. The summed E-state index contributed by atoms with van der Waals surface area (Å²) in [6.07, 6.45) is 0.893. The Morgan fingerprint density at radius 3 is 2.09 bits per heavy atom. The fraction of sp³-hybridized carbons (Fsp3) is 0.130. The molecule has 0 atom stereocenters. The molecule has 0 saturated heterocycles. The molecular formula is C23H22. The minimum absolute atomic E-state index is 0.893. The lowest BCUT2D eigenvalue weighted by Gasteiger charge is -2.10. The van der Waals surface area contributed by atoms with Crippen molar-refractivity contribution in [2.75, 3.05) is 0 Å². The molecule has 3 aromatic rings. The summed E-state index contributed by atoms with van der Waals surface area (Å²) >= 11 is 0. The van der Waals surface area contributed by atoms with Crippen LogP contribution < -0.4 is 0 Å². The molecule has 0 aromatic heterocycles. The Labute approximate surface area is 139 Å². The quantitative estimate of drug-likeness (QED) is 0.536. The first-order valence-electron chi connectivity index (χ1n) is 8.03. The zero-order valence-electron chi connectivity index (χ0n) is 13.8. The summed E-state index contributed by atoms with van der Waals surface area (Å²) in [6, 6.07) is 25.9. The van der Waals surface area contributed by atoms with Crippen LogP contribution in [-0.2, 0) is 6.42 Å². The third kappa shape index (κ3) is 3.60. The Bertz CT molecular complexity index is 805. The van der Waals surface area contributed by atoms with E-state index in [1.807, 2.05) is 0 Å². The normalized spacial score (nSPS) is 10.5. The van der Waals surface area contributed by atoms with Gasteiger partial charge in [-0.25, -0.2) is 0 Å². The first-order chi connectivity index (χ1) is 11.1. The van der Waals surface area contributed by atoms with Crippen molar-refractivity contribution < 1.29 is 0 Å². The van der Waals surface area contributed by atoms with E-state index in [0.29, 0.717) is 0 Å². The predicted molar refractivity (Wildman–Crippen MR) is 101 cm³/mol. The van der Waals surface area contributed by atoms with Crippen molar-refractivity contribution in [3.63, 3.8) is 0 Å². The van der Waals surface area contributed by atoms with Gasteiger partial charge in [0, 0.05) is 0 Å². The first kappa shape index (κ1) is 15.3. The van der Waals surface area contributed by atoms with Gasteiger partial charge >= 0.3 is 0 Å². The second-order valence-electron chi connectivity index (χ2n) is 6.16. The van der Waals surface area contributed by atoms with Crippen molar-refractivity contribution in [3.05, 3.63) is 102 Å². The largest absolute Gasteiger partial charge is 0.0949 e. The van der Waals surface area contributed by atoms with Crippen LogP contribution in [0.4, 0.5) is 0 Å². The Morgan fingerprint density at radius 1 is 0.783 bits per heavy atom. The van der Waals surface area contributed by atoms with E-state index in [1.54, 1.807) is 0 Å². The zero-order chi connectivity index (χ0) is 16.2. The van der Waals surface area contributed by atoms with Crippen molar-refractivity contribution >= 4 is 5.57 Å². The lowest BCUT2D eigenvalue weighted by molar-refractivity contribution is 1.27. The number of aryl methyl sites for hydroxylation is 2. The standard InChI is InChI=1S/C23H22/c1-17-8-10-20(11-9-17)16-19(3)21-12-14-22(15-13-21)23-7-5-4-6-18(23)2/h4-15H,3,16H2,1-2H3. The molecule has 0 saturated carbocycles. The summed E-state index contributed by atoms with van der Waals surface area (Å²) < 4.78 is 0. The summed E-state index contributed by atoms with van der Waals surface area (Å²) in [7, 11) is 0. The minimum Gasteiger partial charge on any atom is -0.0949 e. The molecule has 114 valence electrons. The summed E-state index contributed by atoms with van der Waals surface area (Å²) in [5.41, 5.74) is 8.83. The van der Waals surface area contributed by atoms with Crippen LogP contribution in [0.15, 0.2) is 79.4 Å². The van der Waals surface area contributed by atoms with Gasteiger partial charge in [-0.2, -0.15) is 0 Å². The third-order valence-corrected chi connectivity index (χ3v) is 4.29. The van der Waals surface area contributed by atoms with Gasteiger partial charge in [-0.3, -0.25) is 0 Å². The highest BCUT2D eigenvalue weighted by atomic mass is 14.1. The molecule has 0 amide bonds. The zero-order valence-corrected chi connectivity index (χ0v) is 13.8. The van der Waals surface area contributed by atoms with E-state index in [2.05, 4.69) is 93.2 Å². The lowest BCUT2D eigenvalue weighted by atomic mass is 9.95. The Balaban J connectivity index is 1.78. The first-order valence-corrected chi connectivity index (χ1v) is 8.03. The van der Waals surface area contributed by atoms with Crippen molar-refractivity contribution in [3.8, 4) is 11.1 Å². The van der Waals surface area contributed by atoms with Gasteiger partial charge in [0.25, 0.3) is 0 Å². The van der Waals surface area contributed by atoms with Crippen LogP contribution >= 0.6 is 0 Å². The van der Waals surface area contributed by atoms with E-state index < -0.39 is 0 Å². The highest BCUT2D eigenvalue weighted by Gasteiger charge is 2.04. The van der Waals surface area contributed by atoms with E-state index in [-0.39, 0.29) is 0 Å². The second-order valence-corrected chi connectivity index (χ2v) is 6.16. The summed E-state index contributed by atoms with van der Waals surface area (Å²) in [4.78, 5) is 0. The third-order valence-electron chi connectivity index (χ3n) is 4.29. The molecule has 3 aromatic carbocycles. The molecule has 0 aliphatic heterocycles. The maximum atomic E-state index is 4.26. The Morgan fingerprint density at radius 2 is 1.43 bits per heavy atom. The van der Waals surface area contributed by atoms with Gasteiger partial charge in [-0.15, -0.1) is 0 Å².